The summed E-state index contributed by atoms with van der Waals surface area (Å²) in [6.07, 6.45) is 4.39. The second kappa shape index (κ2) is 8.71. The van der Waals surface area contributed by atoms with E-state index in [-0.39, 0.29) is 30.5 Å². The quantitative estimate of drug-likeness (QED) is 0.807. The third-order valence-electron chi connectivity index (χ3n) is 4.57. The van der Waals surface area contributed by atoms with Crippen LogP contribution in [0.2, 0.25) is 0 Å². The van der Waals surface area contributed by atoms with E-state index in [1.807, 2.05) is 6.92 Å². The molecule has 0 saturated heterocycles. The minimum Gasteiger partial charge on any atom is -0.483 e. The molecule has 2 amide bonds. The molecular weight excluding hydrogens is 304 g/mol. The maximum absolute atomic E-state index is 12.4. The molecule has 0 aliphatic heterocycles. The molecule has 1 atom stereocenters. The van der Waals surface area contributed by atoms with E-state index < -0.39 is 0 Å². The molecule has 1 aromatic rings. The van der Waals surface area contributed by atoms with E-state index in [1.54, 1.807) is 24.3 Å². The average molecular weight is 332 g/mol. The Labute approximate surface area is 144 Å². The fourth-order valence-electron chi connectivity index (χ4n) is 2.72. The monoisotopic (exact) mass is 332 g/mol. The van der Waals surface area contributed by atoms with Crippen molar-refractivity contribution >= 4 is 11.8 Å². The Hall–Kier alpha value is -2.04. The summed E-state index contributed by atoms with van der Waals surface area (Å²) >= 11 is 0. The van der Waals surface area contributed by atoms with Gasteiger partial charge in [-0.2, -0.15) is 0 Å². The molecule has 0 aromatic heterocycles. The van der Waals surface area contributed by atoms with Crippen LogP contribution in [0.5, 0.6) is 5.75 Å². The zero-order valence-electron chi connectivity index (χ0n) is 14.8. The van der Waals surface area contributed by atoms with Crippen LogP contribution in [-0.2, 0) is 4.79 Å². The van der Waals surface area contributed by atoms with Gasteiger partial charge in [-0.25, -0.2) is 0 Å². The Morgan fingerprint density at radius 1 is 1.17 bits per heavy atom. The van der Waals surface area contributed by atoms with Gasteiger partial charge in [0.05, 0.1) is 5.56 Å². The molecule has 0 bridgehead atoms. The van der Waals surface area contributed by atoms with Crippen LogP contribution in [0.15, 0.2) is 24.3 Å². The largest absolute Gasteiger partial charge is 0.483 e. The summed E-state index contributed by atoms with van der Waals surface area (Å²) in [6.45, 7) is 5.97. The van der Waals surface area contributed by atoms with Gasteiger partial charge in [0.15, 0.2) is 6.61 Å². The van der Waals surface area contributed by atoms with Gasteiger partial charge in [-0.05, 0) is 37.8 Å². The lowest BCUT2D eigenvalue weighted by Gasteiger charge is -2.18. The molecule has 1 unspecified atom stereocenters. The first kappa shape index (κ1) is 18.3. The molecule has 1 saturated carbocycles. The van der Waals surface area contributed by atoms with Gasteiger partial charge in [0.1, 0.15) is 5.75 Å². The van der Waals surface area contributed by atoms with Gasteiger partial charge in [-0.1, -0.05) is 38.8 Å². The Balaban J connectivity index is 1.93. The van der Waals surface area contributed by atoms with Crippen LogP contribution in [0.1, 0.15) is 56.8 Å². The number of amides is 2. The molecule has 0 spiro atoms. The predicted octanol–water partition coefficient (Wildman–Crippen LogP) is 2.90. The first-order valence-electron chi connectivity index (χ1n) is 8.79. The first-order valence-corrected chi connectivity index (χ1v) is 8.79. The Bertz CT molecular complexity index is 565. The normalized spacial score (nSPS) is 16.0. The van der Waals surface area contributed by atoms with E-state index in [4.69, 9.17) is 4.74 Å². The van der Waals surface area contributed by atoms with Crippen LogP contribution in [0, 0.1) is 5.92 Å². The third-order valence-corrected chi connectivity index (χ3v) is 4.57. The molecule has 5 heteroatoms. The highest BCUT2D eigenvalue weighted by Gasteiger charge is 2.20. The molecule has 24 heavy (non-hydrogen) atoms. The number of hydrogen-bond donors (Lipinski definition) is 2. The molecule has 1 aliphatic rings. The molecule has 2 rings (SSSR count). The van der Waals surface area contributed by atoms with Gasteiger partial charge in [0, 0.05) is 12.1 Å². The maximum Gasteiger partial charge on any atom is 0.258 e. The van der Waals surface area contributed by atoms with Crippen molar-refractivity contribution in [2.75, 3.05) is 6.61 Å². The maximum atomic E-state index is 12.4. The van der Waals surface area contributed by atoms with E-state index in [2.05, 4.69) is 24.5 Å². The minimum atomic E-state index is -0.179. The topological polar surface area (TPSA) is 67.4 Å². The fraction of sp³-hybridized carbons (Fsp3) is 0.579. The van der Waals surface area contributed by atoms with E-state index in [9.17, 15) is 9.59 Å². The van der Waals surface area contributed by atoms with Crippen molar-refractivity contribution < 1.29 is 14.3 Å². The van der Waals surface area contributed by atoms with Gasteiger partial charge in [0.2, 0.25) is 0 Å². The second-order valence-corrected chi connectivity index (χ2v) is 6.84. The number of carbonyl (C=O) groups excluding carboxylic acids is 2. The van der Waals surface area contributed by atoms with Crippen molar-refractivity contribution in [3.8, 4) is 5.75 Å². The number of rotatable bonds is 7. The van der Waals surface area contributed by atoms with Crippen LogP contribution in [0.25, 0.3) is 0 Å². The summed E-state index contributed by atoms with van der Waals surface area (Å²) in [5.41, 5.74) is 0.481. The summed E-state index contributed by atoms with van der Waals surface area (Å²) in [4.78, 5) is 24.4. The number of hydrogen-bond acceptors (Lipinski definition) is 3. The highest BCUT2D eigenvalue weighted by Crippen LogP contribution is 2.21. The molecule has 0 heterocycles. The fourth-order valence-corrected chi connectivity index (χ4v) is 2.72. The number of carbonyl (C=O) groups is 2. The van der Waals surface area contributed by atoms with Crippen molar-refractivity contribution in [3.63, 3.8) is 0 Å². The molecule has 5 nitrogen and oxygen atoms in total. The Morgan fingerprint density at radius 2 is 1.83 bits per heavy atom. The van der Waals surface area contributed by atoms with Crippen molar-refractivity contribution in [1.82, 2.24) is 10.6 Å². The summed E-state index contributed by atoms with van der Waals surface area (Å²) < 4.78 is 5.59. The van der Waals surface area contributed by atoms with E-state index in [0.717, 1.165) is 25.7 Å². The summed E-state index contributed by atoms with van der Waals surface area (Å²) in [7, 11) is 0. The van der Waals surface area contributed by atoms with Gasteiger partial charge >= 0.3 is 0 Å². The Morgan fingerprint density at radius 3 is 2.50 bits per heavy atom. The third kappa shape index (κ3) is 5.25. The molecule has 2 N–H and O–H groups in total. The number of para-hydroxylation sites is 1. The van der Waals surface area contributed by atoms with Crippen molar-refractivity contribution in [3.05, 3.63) is 29.8 Å². The molecule has 1 fully saturated rings. The zero-order valence-corrected chi connectivity index (χ0v) is 14.8. The van der Waals surface area contributed by atoms with E-state index in [0.29, 0.717) is 17.2 Å². The van der Waals surface area contributed by atoms with Crippen molar-refractivity contribution in [2.45, 2.75) is 58.5 Å². The molecular formula is C19H28N2O3. The summed E-state index contributed by atoms with van der Waals surface area (Å²) in [6, 6.07) is 7.40. The van der Waals surface area contributed by atoms with E-state index in [1.165, 1.54) is 0 Å². The Kier molecular flexibility index (Phi) is 6.64. The van der Waals surface area contributed by atoms with Gasteiger partial charge in [0.25, 0.3) is 11.8 Å². The van der Waals surface area contributed by atoms with Crippen LogP contribution < -0.4 is 15.4 Å². The molecule has 1 aromatic carbocycles. The number of nitrogens with one attached hydrogen (secondary N) is 2. The lowest BCUT2D eigenvalue weighted by molar-refractivity contribution is -0.124. The van der Waals surface area contributed by atoms with Crippen LogP contribution in [0.3, 0.4) is 0 Å². The van der Waals surface area contributed by atoms with Gasteiger partial charge in [-0.15, -0.1) is 0 Å². The summed E-state index contributed by atoms with van der Waals surface area (Å²) in [5.74, 6) is 0.495. The summed E-state index contributed by atoms with van der Waals surface area (Å²) in [5, 5.41) is 5.94. The van der Waals surface area contributed by atoms with Crippen LogP contribution in [0.4, 0.5) is 0 Å². The lowest BCUT2D eigenvalue weighted by atomic mass is 10.1. The molecule has 0 radical (unpaired) electrons. The molecule has 1 aliphatic carbocycles. The predicted molar refractivity (Wildman–Crippen MR) is 94.1 cm³/mol. The number of benzene rings is 1. The second-order valence-electron chi connectivity index (χ2n) is 6.84. The first-order chi connectivity index (χ1) is 11.5. The standard InChI is InChI=1S/C19H28N2O3/c1-13(2)14(3)20-18(22)12-24-17-11-7-6-10-16(17)19(23)21-15-8-4-5-9-15/h6-7,10-11,13-15H,4-5,8-9,12H2,1-3H3,(H,20,22)(H,21,23). The average Bonchev–Trinajstić information content (AvgIpc) is 3.06. The zero-order chi connectivity index (χ0) is 17.5. The van der Waals surface area contributed by atoms with Gasteiger partial charge in [-0.3, -0.25) is 9.59 Å². The molecule has 132 valence electrons. The highest BCUT2D eigenvalue weighted by atomic mass is 16.5. The minimum absolute atomic E-state index is 0.0852. The highest BCUT2D eigenvalue weighted by molar-refractivity contribution is 5.97. The van der Waals surface area contributed by atoms with Crippen molar-refractivity contribution in [2.24, 2.45) is 5.92 Å². The SMILES string of the molecule is CC(C)C(C)NC(=O)COc1ccccc1C(=O)NC1CCCC1. The lowest BCUT2D eigenvalue weighted by Crippen LogP contribution is -2.39. The van der Waals surface area contributed by atoms with Crippen LogP contribution in [-0.4, -0.2) is 30.5 Å². The van der Waals surface area contributed by atoms with Crippen LogP contribution >= 0.6 is 0 Å². The number of ether oxygens (including phenoxy) is 1. The van der Waals surface area contributed by atoms with Crippen molar-refractivity contribution in [1.29, 1.82) is 0 Å². The van der Waals surface area contributed by atoms with E-state index >= 15 is 0 Å². The smallest absolute Gasteiger partial charge is 0.258 e. The van der Waals surface area contributed by atoms with Gasteiger partial charge < -0.3 is 15.4 Å².